The van der Waals surface area contributed by atoms with Gasteiger partial charge in [-0.05, 0) is 43.7 Å². The minimum atomic E-state index is 0.267. The summed E-state index contributed by atoms with van der Waals surface area (Å²) in [5, 5.41) is 4.01. The topological polar surface area (TPSA) is 74.4 Å². The summed E-state index contributed by atoms with van der Waals surface area (Å²) in [6.45, 7) is 4.46. The van der Waals surface area contributed by atoms with Crippen LogP contribution in [0.2, 0.25) is 0 Å². The molecule has 0 spiro atoms. The minimum absolute atomic E-state index is 0.267. The third-order valence-corrected chi connectivity index (χ3v) is 3.15. The van der Waals surface area contributed by atoms with E-state index in [2.05, 4.69) is 5.16 Å². The summed E-state index contributed by atoms with van der Waals surface area (Å²) in [5.41, 5.74) is 8.15. The highest BCUT2D eigenvalue weighted by molar-refractivity contribution is 5.85. The van der Waals surface area contributed by atoms with Gasteiger partial charge < -0.3 is 19.4 Å². The van der Waals surface area contributed by atoms with Crippen molar-refractivity contribution in [2.24, 2.45) is 0 Å². The number of hydrogen-bond donors (Lipinski definition) is 1. The summed E-state index contributed by atoms with van der Waals surface area (Å²) < 4.78 is 16.2. The van der Waals surface area contributed by atoms with E-state index in [4.69, 9.17) is 19.4 Å². The van der Waals surface area contributed by atoms with Gasteiger partial charge in [-0.3, -0.25) is 0 Å². The molecule has 1 aromatic carbocycles. The maximum atomic E-state index is 5.91. The van der Waals surface area contributed by atoms with E-state index in [-0.39, 0.29) is 5.88 Å². The average Bonchev–Trinajstić information content (AvgIpc) is 3.06. The Balaban J connectivity index is 2.04. The van der Waals surface area contributed by atoms with Crippen molar-refractivity contribution in [2.75, 3.05) is 12.3 Å². The van der Waals surface area contributed by atoms with E-state index in [9.17, 15) is 0 Å². The monoisotopic (exact) mass is 284 g/mol. The Kier molecular flexibility index (Phi) is 3.39. The van der Waals surface area contributed by atoms with Crippen LogP contribution >= 0.6 is 0 Å². The van der Waals surface area contributed by atoms with Crippen LogP contribution in [-0.4, -0.2) is 11.8 Å². The number of rotatable bonds is 4. The third kappa shape index (κ3) is 2.50. The van der Waals surface area contributed by atoms with Crippen LogP contribution in [0.5, 0.6) is 5.75 Å². The number of nitrogen functional groups attached to an aromatic ring is 1. The Morgan fingerprint density at radius 3 is 2.52 bits per heavy atom. The zero-order valence-corrected chi connectivity index (χ0v) is 11.9. The molecule has 21 heavy (non-hydrogen) atoms. The van der Waals surface area contributed by atoms with Crippen molar-refractivity contribution in [3.8, 4) is 28.3 Å². The number of ether oxygens (including phenoxy) is 1. The van der Waals surface area contributed by atoms with Gasteiger partial charge in [0.1, 0.15) is 11.5 Å². The zero-order valence-electron chi connectivity index (χ0n) is 11.9. The van der Waals surface area contributed by atoms with Crippen LogP contribution in [0.3, 0.4) is 0 Å². The molecular formula is C16H16N2O3. The summed E-state index contributed by atoms with van der Waals surface area (Å²) in [4.78, 5) is 0. The van der Waals surface area contributed by atoms with E-state index in [1.807, 2.05) is 50.2 Å². The van der Waals surface area contributed by atoms with Crippen molar-refractivity contribution in [3.63, 3.8) is 0 Å². The first-order valence-corrected chi connectivity index (χ1v) is 6.74. The molecule has 0 saturated carbocycles. The average molecular weight is 284 g/mol. The normalized spacial score (nSPS) is 10.8. The molecule has 0 unspecified atom stereocenters. The molecular weight excluding hydrogens is 268 g/mol. The molecule has 0 amide bonds. The van der Waals surface area contributed by atoms with E-state index in [0.29, 0.717) is 18.1 Å². The Hall–Kier alpha value is -2.69. The summed E-state index contributed by atoms with van der Waals surface area (Å²) in [5.74, 6) is 2.52. The van der Waals surface area contributed by atoms with Crippen LogP contribution in [-0.2, 0) is 0 Å². The SMILES string of the molecule is CCOc1ccc(-c2c(-c3ccc(C)o3)noc2N)cc1. The smallest absolute Gasteiger partial charge is 0.230 e. The molecule has 108 valence electrons. The van der Waals surface area contributed by atoms with Crippen molar-refractivity contribution in [2.45, 2.75) is 13.8 Å². The van der Waals surface area contributed by atoms with Crippen LogP contribution in [0.25, 0.3) is 22.6 Å². The molecule has 0 fully saturated rings. The second-order valence-electron chi connectivity index (χ2n) is 4.64. The molecule has 0 bridgehead atoms. The molecule has 5 nitrogen and oxygen atoms in total. The van der Waals surface area contributed by atoms with E-state index in [1.165, 1.54) is 0 Å². The molecule has 0 aliphatic rings. The third-order valence-electron chi connectivity index (χ3n) is 3.15. The first-order chi connectivity index (χ1) is 10.2. The molecule has 0 saturated heterocycles. The Morgan fingerprint density at radius 1 is 1.14 bits per heavy atom. The predicted molar refractivity (Wildman–Crippen MR) is 80.0 cm³/mol. The van der Waals surface area contributed by atoms with Gasteiger partial charge in [0.2, 0.25) is 5.88 Å². The number of furan rings is 1. The maximum absolute atomic E-state index is 5.91. The lowest BCUT2D eigenvalue weighted by molar-refractivity contribution is 0.340. The lowest BCUT2D eigenvalue weighted by Gasteiger charge is -2.05. The second-order valence-corrected chi connectivity index (χ2v) is 4.64. The number of hydrogen-bond acceptors (Lipinski definition) is 5. The fraction of sp³-hybridized carbons (Fsp3) is 0.188. The van der Waals surface area contributed by atoms with Gasteiger partial charge in [-0.1, -0.05) is 17.3 Å². The Morgan fingerprint density at radius 2 is 1.90 bits per heavy atom. The van der Waals surface area contributed by atoms with Gasteiger partial charge in [0, 0.05) is 0 Å². The summed E-state index contributed by atoms with van der Waals surface area (Å²) in [6.07, 6.45) is 0. The molecule has 0 radical (unpaired) electrons. The molecule has 0 aliphatic carbocycles. The maximum Gasteiger partial charge on any atom is 0.230 e. The van der Waals surface area contributed by atoms with Gasteiger partial charge in [0.25, 0.3) is 0 Å². The van der Waals surface area contributed by atoms with Crippen molar-refractivity contribution < 1.29 is 13.7 Å². The largest absolute Gasteiger partial charge is 0.494 e. The fourth-order valence-electron chi connectivity index (χ4n) is 2.20. The fourth-order valence-corrected chi connectivity index (χ4v) is 2.20. The van der Waals surface area contributed by atoms with E-state index in [1.54, 1.807) is 0 Å². The van der Waals surface area contributed by atoms with E-state index < -0.39 is 0 Å². The Bertz CT molecular complexity index is 741. The first kappa shape index (κ1) is 13.3. The van der Waals surface area contributed by atoms with Crippen molar-refractivity contribution in [1.29, 1.82) is 0 Å². The highest BCUT2D eigenvalue weighted by Gasteiger charge is 2.19. The predicted octanol–water partition coefficient (Wildman–Crippen LogP) is 3.89. The van der Waals surface area contributed by atoms with Crippen LogP contribution in [0.15, 0.2) is 45.3 Å². The van der Waals surface area contributed by atoms with Crippen LogP contribution in [0.1, 0.15) is 12.7 Å². The standard InChI is InChI=1S/C16H16N2O3/c1-3-19-12-7-5-11(6-8-12)14-15(18-21-16(14)17)13-9-4-10(2)20-13/h4-9H,3,17H2,1-2H3. The van der Waals surface area contributed by atoms with Crippen molar-refractivity contribution in [1.82, 2.24) is 5.16 Å². The van der Waals surface area contributed by atoms with Gasteiger partial charge in [-0.25, -0.2) is 0 Å². The molecule has 0 aliphatic heterocycles. The molecule has 2 heterocycles. The zero-order chi connectivity index (χ0) is 14.8. The number of benzene rings is 1. The highest BCUT2D eigenvalue weighted by atomic mass is 16.5. The quantitative estimate of drug-likeness (QED) is 0.786. The lowest BCUT2D eigenvalue weighted by atomic mass is 10.0. The number of nitrogens with zero attached hydrogens (tertiary/aromatic N) is 1. The molecule has 2 N–H and O–H groups in total. The van der Waals surface area contributed by atoms with Crippen LogP contribution in [0.4, 0.5) is 5.88 Å². The highest BCUT2D eigenvalue weighted by Crippen LogP contribution is 2.37. The molecule has 3 aromatic rings. The van der Waals surface area contributed by atoms with Crippen LogP contribution in [0, 0.1) is 6.92 Å². The lowest BCUT2D eigenvalue weighted by Crippen LogP contribution is -1.91. The molecule has 0 atom stereocenters. The number of nitrogens with two attached hydrogens (primary N) is 1. The van der Waals surface area contributed by atoms with Crippen molar-refractivity contribution in [3.05, 3.63) is 42.2 Å². The van der Waals surface area contributed by atoms with E-state index in [0.717, 1.165) is 22.6 Å². The van der Waals surface area contributed by atoms with Crippen molar-refractivity contribution >= 4 is 5.88 Å². The molecule has 3 rings (SSSR count). The first-order valence-electron chi connectivity index (χ1n) is 6.74. The summed E-state index contributed by atoms with van der Waals surface area (Å²) in [7, 11) is 0. The minimum Gasteiger partial charge on any atom is -0.494 e. The molecule has 2 aromatic heterocycles. The van der Waals surface area contributed by atoms with Gasteiger partial charge in [0.05, 0.1) is 12.2 Å². The van der Waals surface area contributed by atoms with Gasteiger partial charge in [-0.2, -0.15) is 0 Å². The van der Waals surface area contributed by atoms with E-state index >= 15 is 0 Å². The number of anilines is 1. The van der Waals surface area contributed by atoms with Gasteiger partial charge in [0.15, 0.2) is 11.5 Å². The van der Waals surface area contributed by atoms with Gasteiger partial charge >= 0.3 is 0 Å². The Labute approximate surface area is 122 Å². The van der Waals surface area contributed by atoms with Crippen LogP contribution < -0.4 is 10.5 Å². The van der Waals surface area contributed by atoms with Gasteiger partial charge in [-0.15, -0.1) is 0 Å². The summed E-state index contributed by atoms with van der Waals surface area (Å²) in [6, 6.07) is 11.4. The number of aryl methyl sites for hydroxylation is 1. The molecule has 5 heteroatoms. The summed E-state index contributed by atoms with van der Waals surface area (Å²) >= 11 is 0. The second kappa shape index (κ2) is 5.36. The number of aromatic nitrogens is 1.